The topological polar surface area (TPSA) is 67.9 Å². The first kappa shape index (κ1) is 17.9. The number of hydrogen-bond donors (Lipinski definition) is 1. The Morgan fingerprint density at radius 3 is 2.52 bits per heavy atom. The van der Waals surface area contributed by atoms with Crippen LogP contribution in [0.2, 0.25) is 0 Å². The van der Waals surface area contributed by atoms with Crippen molar-refractivity contribution >= 4 is 17.5 Å². The molecule has 2 heterocycles. The van der Waals surface area contributed by atoms with Crippen LogP contribution in [0.25, 0.3) is 0 Å². The lowest BCUT2D eigenvalue weighted by atomic mass is 9.92. The standard InChI is InChI=1S/C19H26N2O4/c1-14-15(17(22)21-10-3-4-11-21)6-5-7-16(14)20-18(23)19(24-2)8-12-25-13-9-19/h5-7H,3-4,8-13H2,1-2H3,(H,20,23). The van der Waals surface area contributed by atoms with Gasteiger partial charge in [-0.1, -0.05) is 6.07 Å². The zero-order valence-corrected chi connectivity index (χ0v) is 15.0. The van der Waals surface area contributed by atoms with Gasteiger partial charge in [0.05, 0.1) is 0 Å². The number of ether oxygens (including phenoxy) is 2. The Kier molecular flexibility index (Phi) is 5.39. The number of methoxy groups -OCH3 is 1. The first-order valence-corrected chi connectivity index (χ1v) is 8.91. The zero-order chi connectivity index (χ0) is 17.9. The molecule has 2 fully saturated rings. The summed E-state index contributed by atoms with van der Waals surface area (Å²) in [5, 5.41) is 2.97. The van der Waals surface area contributed by atoms with Gasteiger partial charge in [-0.15, -0.1) is 0 Å². The lowest BCUT2D eigenvalue weighted by Crippen LogP contribution is -2.48. The summed E-state index contributed by atoms with van der Waals surface area (Å²) in [6, 6.07) is 5.47. The Bertz CT molecular complexity index is 647. The van der Waals surface area contributed by atoms with Gasteiger partial charge in [0.1, 0.15) is 0 Å². The van der Waals surface area contributed by atoms with E-state index >= 15 is 0 Å². The summed E-state index contributed by atoms with van der Waals surface area (Å²) in [4.78, 5) is 27.4. The maximum atomic E-state index is 12.8. The molecule has 1 aromatic rings. The highest BCUT2D eigenvalue weighted by Gasteiger charge is 2.40. The van der Waals surface area contributed by atoms with Gasteiger partial charge < -0.3 is 19.7 Å². The largest absolute Gasteiger partial charge is 0.381 e. The normalized spacial score (nSPS) is 19.7. The average molecular weight is 346 g/mol. The molecule has 0 aliphatic carbocycles. The molecule has 2 aliphatic rings. The quantitative estimate of drug-likeness (QED) is 0.909. The molecule has 136 valence electrons. The third-order valence-electron chi connectivity index (χ3n) is 5.31. The molecule has 2 saturated heterocycles. The van der Waals surface area contributed by atoms with Crippen LogP contribution < -0.4 is 5.32 Å². The van der Waals surface area contributed by atoms with Crippen molar-refractivity contribution in [2.75, 3.05) is 38.7 Å². The van der Waals surface area contributed by atoms with Crippen LogP contribution in [0.5, 0.6) is 0 Å². The molecule has 0 unspecified atom stereocenters. The second-order valence-corrected chi connectivity index (χ2v) is 6.74. The van der Waals surface area contributed by atoms with Crippen LogP contribution >= 0.6 is 0 Å². The molecule has 0 radical (unpaired) electrons. The molecular formula is C19H26N2O4. The number of nitrogens with zero attached hydrogens (tertiary/aromatic N) is 1. The lowest BCUT2D eigenvalue weighted by molar-refractivity contribution is -0.149. The third kappa shape index (κ3) is 3.55. The van der Waals surface area contributed by atoms with E-state index in [4.69, 9.17) is 9.47 Å². The molecule has 2 aliphatic heterocycles. The highest BCUT2D eigenvalue weighted by atomic mass is 16.5. The summed E-state index contributed by atoms with van der Waals surface area (Å²) in [7, 11) is 1.56. The van der Waals surface area contributed by atoms with Crippen LogP contribution in [0.1, 0.15) is 41.6 Å². The lowest BCUT2D eigenvalue weighted by Gasteiger charge is -2.34. The fraction of sp³-hybridized carbons (Fsp3) is 0.579. The van der Waals surface area contributed by atoms with E-state index < -0.39 is 5.60 Å². The van der Waals surface area contributed by atoms with Gasteiger partial charge >= 0.3 is 0 Å². The Morgan fingerprint density at radius 1 is 1.20 bits per heavy atom. The predicted molar refractivity (Wildman–Crippen MR) is 94.7 cm³/mol. The van der Waals surface area contributed by atoms with Crippen LogP contribution in [-0.4, -0.2) is 55.7 Å². The maximum Gasteiger partial charge on any atom is 0.256 e. The van der Waals surface area contributed by atoms with E-state index in [1.54, 1.807) is 7.11 Å². The van der Waals surface area contributed by atoms with Gasteiger partial charge in [0.2, 0.25) is 0 Å². The van der Waals surface area contributed by atoms with E-state index in [0.717, 1.165) is 31.5 Å². The molecule has 25 heavy (non-hydrogen) atoms. The first-order chi connectivity index (χ1) is 12.1. The molecule has 6 heteroatoms. The van der Waals surface area contributed by atoms with Gasteiger partial charge in [-0.3, -0.25) is 9.59 Å². The van der Waals surface area contributed by atoms with E-state index in [2.05, 4.69) is 5.32 Å². The van der Waals surface area contributed by atoms with E-state index in [-0.39, 0.29) is 11.8 Å². The fourth-order valence-corrected chi connectivity index (χ4v) is 3.55. The first-order valence-electron chi connectivity index (χ1n) is 8.91. The van der Waals surface area contributed by atoms with Gasteiger partial charge in [0.25, 0.3) is 11.8 Å². The van der Waals surface area contributed by atoms with Crippen molar-refractivity contribution < 1.29 is 19.1 Å². The van der Waals surface area contributed by atoms with Gasteiger partial charge in [-0.25, -0.2) is 0 Å². The van der Waals surface area contributed by atoms with Crippen molar-refractivity contribution in [2.24, 2.45) is 0 Å². The summed E-state index contributed by atoms with van der Waals surface area (Å²) < 4.78 is 10.9. The smallest absolute Gasteiger partial charge is 0.256 e. The summed E-state index contributed by atoms with van der Waals surface area (Å²) in [5.74, 6) is -0.134. The number of hydrogen-bond acceptors (Lipinski definition) is 4. The molecule has 0 atom stereocenters. The fourth-order valence-electron chi connectivity index (χ4n) is 3.55. The van der Waals surface area contributed by atoms with Crippen molar-refractivity contribution in [1.82, 2.24) is 4.90 Å². The number of rotatable bonds is 4. The van der Waals surface area contributed by atoms with E-state index in [0.29, 0.717) is 37.3 Å². The van der Waals surface area contributed by atoms with Crippen LogP contribution in [-0.2, 0) is 14.3 Å². The van der Waals surface area contributed by atoms with Crippen molar-refractivity contribution in [1.29, 1.82) is 0 Å². The summed E-state index contributed by atoms with van der Waals surface area (Å²) in [6.07, 6.45) is 3.17. The summed E-state index contributed by atoms with van der Waals surface area (Å²) >= 11 is 0. The Balaban J connectivity index is 1.79. The molecule has 0 bridgehead atoms. The van der Waals surface area contributed by atoms with Crippen LogP contribution in [0, 0.1) is 6.92 Å². The molecular weight excluding hydrogens is 320 g/mol. The van der Waals surface area contributed by atoms with Gasteiger partial charge in [0, 0.05) is 57.5 Å². The number of likely N-dealkylation sites (tertiary alicyclic amines) is 1. The molecule has 6 nitrogen and oxygen atoms in total. The van der Waals surface area contributed by atoms with Crippen molar-refractivity contribution in [3.63, 3.8) is 0 Å². The number of amides is 2. The van der Waals surface area contributed by atoms with Crippen molar-refractivity contribution in [2.45, 2.75) is 38.2 Å². The maximum absolute atomic E-state index is 12.8. The Morgan fingerprint density at radius 2 is 1.88 bits per heavy atom. The molecule has 0 saturated carbocycles. The number of nitrogens with one attached hydrogen (secondary N) is 1. The number of benzene rings is 1. The minimum atomic E-state index is -0.861. The molecule has 1 aromatic carbocycles. The molecule has 0 aromatic heterocycles. The molecule has 0 spiro atoms. The number of carbonyl (C=O) groups excluding carboxylic acids is 2. The molecule has 2 amide bonds. The summed E-state index contributed by atoms with van der Waals surface area (Å²) in [6.45, 7) is 4.51. The Labute approximate surface area is 148 Å². The highest BCUT2D eigenvalue weighted by Crippen LogP contribution is 2.28. The van der Waals surface area contributed by atoms with E-state index in [1.165, 1.54) is 0 Å². The number of carbonyl (C=O) groups is 2. The third-order valence-corrected chi connectivity index (χ3v) is 5.31. The van der Waals surface area contributed by atoms with Gasteiger partial charge in [-0.05, 0) is 37.5 Å². The molecule has 3 rings (SSSR count). The monoisotopic (exact) mass is 346 g/mol. The summed E-state index contributed by atoms with van der Waals surface area (Å²) in [5.41, 5.74) is 1.25. The minimum absolute atomic E-state index is 0.0404. The number of anilines is 1. The van der Waals surface area contributed by atoms with Crippen LogP contribution in [0.3, 0.4) is 0 Å². The second-order valence-electron chi connectivity index (χ2n) is 6.74. The molecule has 1 N–H and O–H groups in total. The van der Waals surface area contributed by atoms with Crippen molar-refractivity contribution in [3.05, 3.63) is 29.3 Å². The van der Waals surface area contributed by atoms with Gasteiger partial charge in [0.15, 0.2) is 5.60 Å². The predicted octanol–water partition coefficient (Wildman–Crippen LogP) is 2.37. The van der Waals surface area contributed by atoms with Crippen LogP contribution in [0.4, 0.5) is 5.69 Å². The minimum Gasteiger partial charge on any atom is -0.381 e. The SMILES string of the molecule is COC1(C(=O)Nc2cccc(C(=O)N3CCCC3)c2C)CCOCC1. The van der Waals surface area contributed by atoms with Gasteiger partial charge in [-0.2, -0.15) is 0 Å². The Hall–Kier alpha value is -1.92. The van der Waals surface area contributed by atoms with Crippen molar-refractivity contribution in [3.8, 4) is 0 Å². The second kappa shape index (κ2) is 7.54. The van der Waals surface area contributed by atoms with Crippen LogP contribution in [0.15, 0.2) is 18.2 Å². The van der Waals surface area contributed by atoms with E-state index in [1.807, 2.05) is 30.0 Å². The van der Waals surface area contributed by atoms with E-state index in [9.17, 15) is 9.59 Å². The zero-order valence-electron chi connectivity index (χ0n) is 15.0. The average Bonchev–Trinajstić information content (AvgIpc) is 3.18. The highest BCUT2D eigenvalue weighted by molar-refractivity contribution is 6.01.